The Labute approximate surface area is 175 Å². The number of rotatable bonds is 9. The van der Waals surface area contributed by atoms with Crippen LogP contribution in [0.15, 0.2) is 18.3 Å². The van der Waals surface area contributed by atoms with Crippen LogP contribution in [0.25, 0.3) is 5.69 Å². The third-order valence-electron chi connectivity index (χ3n) is 4.42. The van der Waals surface area contributed by atoms with Gasteiger partial charge in [0.1, 0.15) is 12.7 Å². The molecule has 1 aromatic carbocycles. The number of hydrogen-bond donors (Lipinski definition) is 2. The van der Waals surface area contributed by atoms with Crippen molar-refractivity contribution < 1.29 is 23.8 Å². The molecule has 1 amide bonds. The smallest absolute Gasteiger partial charge is 0.357 e. The topological polar surface area (TPSA) is 129 Å². The maximum atomic E-state index is 12.4. The second-order valence-corrected chi connectivity index (χ2v) is 6.49. The van der Waals surface area contributed by atoms with Crippen molar-refractivity contribution in [3.63, 3.8) is 0 Å². The minimum atomic E-state index is -0.652. The summed E-state index contributed by atoms with van der Waals surface area (Å²) < 4.78 is 17.7. The molecule has 0 unspecified atom stereocenters. The fraction of sp³-hybridized carbons (Fsp3) is 0.381. The standard InChI is InChI=1S/C21H26N4O5/c1-5-6-14-9-17(28-3)18(30-8-7-24-13(2)26)10-16(14)25-12-15(11-22)19(23)20(25)21(27)29-4/h9-10,12H,5-8,23H2,1-4H3,(H,24,26). The van der Waals surface area contributed by atoms with Gasteiger partial charge in [0.15, 0.2) is 17.2 Å². The van der Waals surface area contributed by atoms with Crippen LogP contribution in [-0.4, -0.2) is 43.8 Å². The van der Waals surface area contributed by atoms with E-state index >= 15 is 0 Å². The van der Waals surface area contributed by atoms with Gasteiger partial charge in [-0.05, 0) is 18.1 Å². The molecular formula is C21H26N4O5. The Morgan fingerprint density at radius 2 is 2.00 bits per heavy atom. The quantitative estimate of drug-likeness (QED) is 0.475. The minimum Gasteiger partial charge on any atom is -0.493 e. The van der Waals surface area contributed by atoms with E-state index < -0.39 is 5.97 Å². The fourth-order valence-corrected chi connectivity index (χ4v) is 3.05. The van der Waals surface area contributed by atoms with Gasteiger partial charge in [-0.1, -0.05) is 13.3 Å². The first-order valence-electron chi connectivity index (χ1n) is 9.45. The summed E-state index contributed by atoms with van der Waals surface area (Å²) in [5.41, 5.74) is 7.83. The molecule has 0 aliphatic carbocycles. The predicted molar refractivity (Wildman–Crippen MR) is 111 cm³/mol. The first-order chi connectivity index (χ1) is 14.4. The van der Waals surface area contributed by atoms with Crippen LogP contribution in [0.5, 0.6) is 11.5 Å². The number of ether oxygens (including phenoxy) is 3. The van der Waals surface area contributed by atoms with E-state index in [1.54, 1.807) is 10.6 Å². The maximum Gasteiger partial charge on any atom is 0.357 e. The van der Waals surface area contributed by atoms with Crippen molar-refractivity contribution in [1.82, 2.24) is 9.88 Å². The van der Waals surface area contributed by atoms with Gasteiger partial charge in [0.2, 0.25) is 5.91 Å². The minimum absolute atomic E-state index is 0.0516. The van der Waals surface area contributed by atoms with Gasteiger partial charge in [-0.3, -0.25) is 4.79 Å². The monoisotopic (exact) mass is 414 g/mol. The Morgan fingerprint density at radius 3 is 2.57 bits per heavy atom. The van der Waals surface area contributed by atoms with Gasteiger partial charge in [-0.25, -0.2) is 4.79 Å². The number of nitriles is 1. The van der Waals surface area contributed by atoms with Crippen molar-refractivity contribution in [2.75, 3.05) is 33.1 Å². The van der Waals surface area contributed by atoms with E-state index in [1.807, 2.05) is 19.1 Å². The van der Waals surface area contributed by atoms with Gasteiger partial charge < -0.3 is 29.8 Å². The number of hydrogen-bond acceptors (Lipinski definition) is 7. The zero-order chi connectivity index (χ0) is 22.3. The van der Waals surface area contributed by atoms with E-state index in [4.69, 9.17) is 19.9 Å². The lowest BCUT2D eigenvalue weighted by Crippen LogP contribution is -2.25. The number of methoxy groups -OCH3 is 2. The van der Waals surface area contributed by atoms with Crippen LogP contribution < -0.4 is 20.5 Å². The second-order valence-electron chi connectivity index (χ2n) is 6.49. The molecule has 0 saturated carbocycles. The molecule has 0 fully saturated rings. The second kappa shape index (κ2) is 10.2. The molecule has 2 rings (SSSR count). The summed E-state index contributed by atoms with van der Waals surface area (Å²) in [6.07, 6.45) is 3.04. The summed E-state index contributed by atoms with van der Waals surface area (Å²) in [5, 5.41) is 12.0. The molecule has 1 heterocycles. The average Bonchev–Trinajstić information content (AvgIpc) is 3.07. The maximum absolute atomic E-state index is 12.4. The van der Waals surface area contributed by atoms with Crippen molar-refractivity contribution in [3.8, 4) is 23.3 Å². The zero-order valence-electron chi connectivity index (χ0n) is 17.6. The van der Waals surface area contributed by atoms with Crippen LogP contribution in [0.2, 0.25) is 0 Å². The first kappa shape index (κ1) is 22.6. The number of carbonyl (C=O) groups excluding carboxylic acids is 2. The number of benzene rings is 1. The predicted octanol–water partition coefficient (Wildman–Crippen LogP) is 2.19. The van der Waals surface area contributed by atoms with Gasteiger partial charge in [0.05, 0.1) is 37.7 Å². The number of amides is 1. The molecule has 0 atom stereocenters. The van der Waals surface area contributed by atoms with E-state index in [0.29, 0.717) is 30.2 Å². The summed E-state index contributed by atoms with van der Waals surface area (Å²) in [6.45, 7) is 4.01. The van der Waals surface area contributed by atoms with Crippen LogP contribution in [0.3, 0.4) is 0 Å². The number of carbonyl (C=O) groups is 2. The molecule has 0 spiro atoms. The van der Waals surface area contributed by atoms with Gasteiger partial charge in [-0.15, -0.1) is 0 Å². The summed E-state index contributed by atoms with van der Waals surface area (Å²) in [5.74, 6) is 0.143. The summed E-state index contributed by atoms with van der Waals surface area (Å²) in [7, 11) is 2.79. The summed E-state index contributed by atoms with van der Waals surface area (Å²) in [6, 6.07) is 5.55. The Morgan fingerprint density at radius 1 is 1.27 bits per heavy atom. The van der Waals surface area contributed by atoms with Gasteiger partial charge in [-0.2, -0.15) is 5.26 Å². The van der Waals surface area contributed by atoms with E-state index in [2.05, 4.69) is 5.32 Å². The van der Waals surface area contributed by atoms with Crippen molar-refractivity contribution >= 4 is 17.6 Å². The number of aromatic nitrogens is 1. The Bertz CT molecular complexity index is 975. The lowest BCUT2D eigenvalue weighted by Gasteiger charge is -2.18. The highest BCUT2D eigenvalue weighted by molar-refractivity contribution is 5.96. The molecule has 0 radical (unpaired) electrons. The highest BCUT2D eigenvalue weighted by Crippen LogP contribution is 2.35. The van der Waals surface area contributed by atoms with Crippen molar-refractivity contribution in [2.45, 2.75) is 26.7 Å². The highest BCUT2D eigenvalue weighted by atomic mass is 16.5. The Kier molecular flexibility index (Phi) is 7.69. The molecule has 0 aliphatic rings. The largest absolute Gasteiger partial charge is 0.493 e. The molecule has 9 heteroatoms. The third kappa shape index (κ3) is 4.84. The molecular weight excluding hydrogens is 388 g/mol. The zero-order valence-corrected chi connectivity index (χ0v) is 17.6. The fourth-order valence-electron chi connectivity index (χ4n) is 3.05. The van der Waals surface area contributed by atoms with E-state index in [1.165, 1.54) is 27.3 Å². The highest BCUT2D eigenvalue weighted by Gasteiger charge is 2.24. The van der Waals surface area contributed by atoms with Crippen molar-refractivity contribution in [2.24, 2.45) is 0 Å². The van der Waals surface area contributed by atoms with Crippen LogP contribution in [0.4, 0.5) is 5.69 Å². The third-order valence-corrected chi connectivity index (χ3v) is 4.42. The number of nitrogens with one attached hydrogen (secondary N) is 1. The molecule has 0 bridgehead atoms. The molecule has 30 heavy (non-hydrogen) atoms. The molecule has 160 valence electrons. The first-order valence-corrected chi connectivity index (χ1v) is 9.45. The number of nitrogen functional groups attached to an aromatic ring is 1. The number of nitrogens with zero attached hydrogens (tertiary/aromatic N) is 2. The molecule has 2 aromatic rings. The average molecular weight is 414 g/mol. The van der Waals surface area contributed by atoms with Crippen molar-refractivity contribution in [3.05, 3.63) is 35.2 Å². The van der Waals surface area contributed by atoms with E-state index in [-0.39, 0.29) is 29.5 Å². The van der Waals surface area contributed by atoms with Gasteiger partial charge in [0.25, 0.3) is 0 Å². The van der Waals surface area contributed by atoms with Crippen LogP contribution in [-0.2, 0) is 16.0 Å². The number of anilines is 1. The molecule has 3 N–H and O–H groups in total. The molecule has 1 aromatic heterocycles. The van der Waals surface area contributed by atoms with Crippen LogP contribution in [0, 0.1) is 11.3 Å². The van der Waals surface area contributed by atoms with Crippen LogP contribution >= 0.6 is 0 Å². The normalized spacial score (nSPS) is 10.2. The summed E-state index contributed by atoms with van der Waals surface area (Å²) in [4.78, 5) is 23.4. The number of nitrogens with two attached hydrogens (primary N) is 1. The van der Waals surface area contributed by atoms with Gasteiger partial charge in [0, 0.05) is 19.2 Å². The molecule has 0 saturated heterocycles. The van der Waals surface area contributed by atoms with Gasteiger partial charge >= 0.3 is 5.97 Å². The van der Waals surface area contributed by atoms with Crippen molar-refractivity contribution in [1.29, 1.82) is 5.26 Å². The Hall–Kier alpha value is -3.67. The lowest BCUT2D eigenvalue weighted by molar-refractivity contribution is -0.119. The van der Waals surface area contributed by atoms with Crippen LogP contribution in [0.1, 0.15) is 41.9 Å². The lowest BCUT2D eigenvalue weighted by atomic mass is 10.1. The molecule has 9 nitrogen and oxygen atoms in total. The Balaban J connectivity index is 2.60. The number of aryl methyl sites for hydroxylation is 1. The number of esters is 1. The van der Waals surface area contributed by atoms with E-state index in [0.717, 1.165) is 12.0 Å². The van der Waals surface area contributed by atoms with E-state index in [9.17, 15) is 14.9 Å². The molecule has 0 aliphatic heterocycles. The summed E-state index contributed by atoms with van der Waals surface area (Å²) >= 11 is 0. The SMILES string of the molecule is CCCc1cc(OC)c(OCCNC(C)=O)cc1-n1cc(C#N)c(N)c1C(=O)OC.